The number of aromatic nitrogens is 2. The van der Waals surface area contributed by atoms with E-state index in [9.17, 15) is 4.79 Å². The van der Waals surface area contributed by atoms with E-state index < -0.39 is 0 Å². The average molecular weight is 325 g/mol. The topological polar surface area (TPSA) is 59.2 Å². The number of hydrogen-bond acceptors (Lipinski definition) is 4. The first-order valence-corrected chi connectivity index (χ1v) is 8.87. The average Bonchev–Trinajstić information content (AvgIpc) is 3.30. The largest absolute Gasteiger partial charge is 0.339 e. The molecule has 1 saturated carbocycles. The normalized spacial score (nSPS) is 21.0. The Kier molecular flexibility index (Phi) is 4.08. The molecular formula is C19H23N3O2. The summed E-state index contributed by atoms with van der Waals surface area (Å²) in [7, 11) is 0. The van der Waals surface area contributed by atoms with Crippen molar-refractivity contribution in [2.75, 3.05) is 13.1 Å². The number of rotatable bonds is 4. The minimum absolute atomic E-state index is 0.0948. The molecule has 0 bridgehead atoms. The smallest absolute Gasteiger partial charge is 0.253 e. The van der Waals surface area contributed by atoms with Crippen LogP contribution >= 0.6 is 0 Å². The molecule has 24 heavy (non-hydrogen) atoms. The zero-order valence-corrected chi connectivity index (χ0v) is 14.1. The fourth-order valence-corrected chi connectivity index (χ4v) is 3.34. The van der Waals surface area contributed by atoms with Crippen LogP contribution < -0.4 is 0 Å². The van der Waals surface area contributed by atoms with Crippen molar-refractivity contribution >= 4 is 5.91 Å². The van der Waals surface area contributed by atoms with Crippen LogP contribution in [0.2, 0.25) is 0 Å². The summed E-state index contributed by atoms with van der Waals surface area (Å²) in [6, 6.07) is 7.77. The number of aryl methyl sites for hydroxylation is 1. The van der Waals surface area contributed by atoms with Crippen LogP contribution in [-0.2, 0) is 6.42 Å². The molecular weight excluding hydrogens is 302 g/mol. The van der Waals surface area contributed by atoms with Crippen LogP contribution in [0, 0.1) is 12.8 Å². The Hall–Kier alpha value is -2.17. The molecule has 1 aliphatic carbocycles. The van der Waals surface area contributed by atoms with E-state index in [1.54, 1.807) is 0 Å². The van der Waals surface area contributed by atoms with E-state index in [-0.39, 0.29) is 11.8 Å². The van der Waals surface area contributed by atoms with E-state index in [0.717, 1.165) is 48.7 Å². The van der Waals surface area contributed by atoms with Crippen LogP contribution in [0.5, 0.6) is 0 Å². The second-order valence-corrected chi connectivity index (χ2v) is 7.15. The Morgan fingerprint density at radius 2 is 2.04 bits per heavy atom. The van der Waals surface area contributed by atoms with E-state index in [1.165, 1.54) is 12.8 Å². The molecule has 1 amide bonds. The lowest BCUT2D eigenvalue weighted by Crippen LogP contribution is -2.39. The minimum atomic E-state index is 0.0948. The molecule has 0 spiro atoms. The number of carbonyl (C=O) groups is 1. The third-order valence-electron chi connectivity index (χ3n) is 5.01. The van der Waals surface area contributed by atoms with E-state index in [0.29, 0.717) is 12.4 Å². The first kappa shape index (κ1) is 15.4. The van der Waals surface area contributed by atoms with Gasteiger partial charge in [-0.1, -0.05) is 22.9 Å². The van der Waals surface area contributed by atoms with Gasteiger partial charge in [0.1, 0.15) is 0 Å². The van der Waals surface area contributed by atoms with E-state index in [4.69, 9.17) is 4.52 Å². The number of carbonyl (C=O) groups excluding carboxylic acids is 1. The monoisotopic (exact) mass is 325 g/mol. The van der Waals surface area contributed by atoms with Crippen LogP contribution in [0.4, 0.5) is 0 Å². The summed E-state index contributed by atoms with van der Waals surface area (Å²) >= 11 is 0. The Morgan fingerprint density at radius 1 is 1.25 bits per heavy atom. The second-order valence-electron chi connectivity index (χ2n) is 7.15. The van der Waals surface area contributed by atoms with Crippen molar-refractivity contribution in [3.63, 3.8) is 0 Å². The Balaban J connectivity index is 1.43. The zero-order chi connectivity index (χ0) is 16.5. The van der Waals surface area contributed by atoms with Crippen molar-refractivity contribution < 1.29 is 9.32 Å². The molecule has 4 rings (SSSR count). The predicted molar refractivity (Wildman–Crippen MR) is 89.8 cm³/mol. The maximum atomic E-state index is 12.7. The van der Waals surface area contributed by atoms with Gasteiger partial charge in [-0.05, 0) is 50.7 Å². The second kappa shape index (κ2) is 6.38. The summed E-state index contributed by atoms with van der Waals surface area (Å²) < 4.78 is 5.48. The molecule has 0 N–H and O–H groups in total. The zero-order valence-electron chi connectivity index (χ0n) is 14.1. The molecule has 5 nitrogen and oxygen atoms in total. The molecule has 2 aliphatic rings. The van der Waals surface area contributed by atoms with Crippen molar-refractivity contribution in [2.24, 2.45) is 5.92 Å². The summed E-state index contributed by atoms with van der Waals surface area (Å²) in [6.07, 6.45) is 5.48. The summed E-state index contributed by atoms with van der Waals surface area (Å²) in [6.45, 7) is 3.49. The highest BCUT2D eigenvalue weighted by Gasteiger charge is 2.30. The predicted octanol–water partition coefficient (Wildman–Crippen LogP) is 3.35. The summed E-state index contributed by atoms with van der Waals surface area (Å²) in [4.78, 5) is 19.2. The minimum Gasteiger partial charge on any atom is -0.339 e. The van der Waals surface area contributed by atoms with E-state index in [1.807, 2.05) is 36.1 Å². The van der Waals surface area contributed by atoms with Crippen LogP contribution in [0.3, 0.4) is 0 Å². The van der Waals surface area contributed by atoms with Crippen LogP contribution in [0.15, 0.2) is 28.8 Å². The summed E-state index contributed by atoms with van der Waals surface area (Å²) in [5.41, 5.74) is 1.92. The fourth-order valence-electron chi connectivity index (χ4n) is 3.34. The van der Waals surface area contributed by atoms with Gasteiger partial charge in [0.25, 0.3) is 5.91 Å². The van der Waals surface area contributed by atoms with Gasteiger partial charge in [-0.3, -0.25) is 4.79 Å². The molecule has 1 saturated heterocycles. The van der Waals surface area contributed by atoms with Crippen molar-refractivity contribution in [1.29, 1.82) is 0 Å². The van der Waals surface area contributed by atoms with Crippen molar-refractivity contribution in [1.82, 2.24) is 15.0 Å². The highest BCUT2D eigenvalue weighted by atomic mass is 16.5. The number of hydrogen-bond donors (Lipinski definition) is 0. The number of benzene rings is 1. The van der Waals surface area contributed by atoms with Gasteiger partial charge in [-0.25, -0.2) is 0 Å². The van der Waals surface area contributed by atoms with E-state index in [2.05, 4.69) is 10.1 Å². The maximum Gasteiger partial charge on any atom is 0.253 e. The Bertz CT molecular complexity index is 718. The number of piperidine rings is 1. The molecule has 126 valence electrons. The van der Waals surface area contributed by atoms with Gasteiger partial charge in [0, 0.05) is 25.1 Å². The lowest BCUT2D eigenvalue weighted by atomic mass is 9.97. The van der Waals surface area contributed by atoms with Gasteiger partial charge in [0.05, 0.1) is 5.92 Å². The maximum absolute atomic E-state index is 12.7. The number of amides is 1. The number of likely N-dealkylation sites (tertiary alicyclic amines) is 1. The SMILES string of the molecule is Cc1ccc(C(=O)N2CCCC(c3nc(CC4CC4)no3)C2)cc1. The van der Waals surface area contributed by atoms with Gasteiger partial charge in [-0.2, -0.15) is 4.98 Å². The number of nitrogens with zero attached hydrogens (tertiary/aromatic N) is 3. The molecule has 2 aromatic rings. The molecule has 1 atom stereocenters. The van der Waals surface area contributed by atoms with Crippen LogP contribution in [-0.4, -0.2) is 34.0 Å². The molecule has 2 heterocycles. The van der Waals surface area contributed by atoms with Gasteiger partial charge in [0.2, 0.25) is 5.89 Å². The van der Waals surface area contributed by atoms with Crippen molar-refractivity contribution in [3.8, 4) is 0 Å². The third-order valence-corrected chi connectivity index (χ3v) is 5.01. The molecule has 1 unspecified atom stereocenters. The quantitative estimate of drug-likeness (QED) is 0.865. The molecule has 1 aromatic heterocycles. The standard InChI is InChI=1S/C19H23N3O2/c1-13-4-8-15(9-5-13)19(23)22-10-2-3-16(12-22)18-20-17(21-24-18)11-14-6-7-14/h4-5,8-9,14,16H,2-3,6-7,10-12H2,1H3. The highest BCUT2D eigenvalue weighted by Crippen LogP contribution is 2.32. The highest BCUT2D eigenvalue weighted by molar-refractivity contribution is 5.94. The Morgan fingerprint density at radius 3 is 2.79 bits per heavy atom. The van der Waals surface area contributed by atoms with Crippen molar-refractivity contribution in [2.45, 2.75) is 44.9 Å². The summed E-state index contributed by atoms with van der Waals surface area (Å²) in [5.74, 6) is 2.54. The van der Waals surface area contributed by atoms with Gasteiger partial charge in [0.15, 0.2) is 5.82 Å². The molecule has 5 heteroatoms. The van der Waals surface area contributed by atoms with Crippen LogP contribution in [0.1, 0.15) is 59.2 Å². The Labute approximate surface area is 142 Å². The van der Waals surface area contributed by atoms with E-state index >= 15 is 0 Å². The molecule has 0 radical (unpaired) electrons. The van der Waals surface area contributed by atoms with Crippen molar-refractivity contribution in [3.05, 3.63) is 47.1 Å². The van der Waals surface area contributed by atoms with Gasteiger partial charge in [-0.15, -0.1) is 0 Å². The van der Waals surface area contributed by atoms with Gasteiger partial charge < -0.3 is 9.42 Å². The first-order valence-electron chi connectivity index (χ1n) is 8.87. The lowest BCUT2D eigenvalue weighted by molar-refractivity contribution is 0.0695. The molecule has 1 aliphatic heterocycles. The van der Waals surface area contributed by atoms with Crippen LogP contribution in [0.25, 0.3) is 0 Å². The van der Waals surface area contributed by atoms with Gasteiger partial charge >= 0.3 is 0 Å². The summed E-state index contributed by atoms with van der Waals surface area (Å²) in [5, 5.41) is 4.12. The third kappa shape index (κ3) is 3.35. The fraction of sp³-hybridized carbons (Fsp3) is 0.526. The molecule has 1 aromatic carbocycles. The first-order chi connectivity index (χ1) is 11.7. The lowest BCUT2D eigenvalue weighted by Gasteiger charge is -2.31. The molecule has 2 fully saturated rings.